The highest BCUT2D eigenvalue weighted by Gasteiger charge is 2.50. The second-order valence-electron chi connectivity index (χ2n) is 9.77. The van der Waals surface area contributed by atoms with Gasteiger partial charge in [0.05, 0.1) is 18.0 Å². The van der Waals surface area contributed by atoms with Gasteiger partial charge in [-0.15, -0.1) is 0 Å². The SMILES string of the molecule is N#CCC1(N2CCC(CC3CC3c3ccccc3)CC2)CN(C(=O)c2ccccc2)C1. The highest BCUT2D eigenvalue weighted by molar-refractivity contribution is 5.95. The van der Waals surface area contributed by atoms with Gasteiger partial charge in [0.15, 0.2) is 0 Å². The van der Waals surface area contributed by atoms with Crippen LogP contribution in [0.2, 0.25) is 0 Å². The molecule has 2 aromatic carbocycles. The molecule has 5 rings (SSSR count). The van der Waals surface area contributed by atoms with Crippen molar-refractivity contribution in [3.05, 3.63) is 71.8 Å². The van der Waals surface area contributed by atoms with Crippen LogP contribution in [-0.4, -0.2) is 47.4 Å². The molecule has 2 unspecified atom stereocenters. The normalized spacial score (nSPS) is 25.5. The molecule has 2 saturated heterocycles. The number of benzene rings is 2. The van der Waals surface area contributed by atoms with Crippen molar-refractivity contribution in [2.75, 3.05) is 26.2 Å². The zero-order chi connectivity index (χ0) is 21.3. The van der Waals surface area contributed by atoms with Gasteiger partial charge in [-0.2, -0.15) is 5.26 Å². The summed E-state index contributed by atoms with van der Waals surface area (Å²) in [7, 11) is 0. The van der Waals surface area contributed by atoms with E-state index in [2.05, 4.69) is 41.3 Å². The van der Waals surface area contributed by atoms with Gasteiger partial charge in [0.2, 0.25) is 0 Å². The van der Waals surface area contributed by atoms with Crippen molar-refractivity contribution < 1.29 is 4.79 Å². The topological polar surface area (TPSA) is 47.3 Å². The lowest BCUT2D eigenvalue weighted by molar-refractivity contribution is -0.0530. The Morgan fingerprint density at radius 2 is 1.65 bits per heavy atom. The van der Waals surface area contributed by atoms with E-state index in [1.165, 1.54) is 31.2 Å². The maximum Gasteiger partial charge on any atom is 0.253 e. The van der Waals surface area contributed by atoms with Gasteiger partial charge < -0.3 is 4.90 Å². The summed E-state index contributed by atoms with van der Waals surface area (Å²) in [4.78, 5) is 17.2. The van der Waals surface area contributed by atoms with E-state index < -0.39 is 0 Å². The first-order valence-electron chi connectivity index (χ1n) is 11.7. The fraction of sp³-hybridized carbons (Fsp3) is 0.481. The third-order valence-corrected chi connectivity index (χ3v) is 7.76. The van der Waals surface area contributed by atoms with Crippen LogP contribution in [0.15, 0.2) is 60.7 Å². The van der Waals surface area contributed by atoms with Crippen LogP contribution in [0.4, 0.5) is 0 Å². The van der Waals surface area contributed by atoms with E-state index in [1.54, 1.807) is 0 Å². The molecular weight excluding hydrogens is 382 g/mol. The summed E-state index contributed by atoms with van der Waals surface area (Å²) in [6.07, 6.45) is 5.64. The second kappa shape index (κ2) is 8.48. The van der Waals surface area contributed by atoms with Crippen molar-refractivity contribution in [2.24, 2.45) is 11.8 Å². The van der Waals surface area contributed by atoms with Crippen molar-refractivity contribution >= 4 is 5.91 Å². The van der Waals surface area contributed by atoms with Crippen molar-refractivity contribution in [3.63, 3.8) is 0 Å². The monoisotopic (exact) mass is 413 g/mol. The molecule has 3 aliphatic rings. The highest BCUT2D eigenvalue weighted by Crippen LogP contribution is 2.52. The molecule has 31 heavy (non-hydrogen) atoms. The first-order chi connectivity index (χ1) is 15.2. The fourth-order valence-corrected chi connectivity index (χ4v) is 5.83. The number of likely N-dealkylation sites (tertiary alicyclic amines) is 2. The Hall–Kier alpha value is -2.64. The maximum atomic E-state index is 12.8. The molecule has 2 heterocycles. The van der Waals surface area contributed by atoms with E-state index in [4.69, 9.17) is 0 Å². The van der Waals surface area contributed by atoms with Crippen LogP contribution < -0.4 is 0 Å². The Morgan fingerprint density at radius 3 is 2.29 bits per heavy atom. The lowest BCUT2D eigenvalue weighted by atomic mass is 9.80. The highest BCUT2D eigenvalue weighted by atomic mass is 16.2. The zero-order valence-corrected chi connectivity index (χ0v) is 18.1. The molecule has 4 nitrogen and oxygen atoms in total. The summed E-state index contributed by atoms with van der Waals surface area (Å²) < 4.78 is 0. The van der Waals surface area contributed by atoms with Crippen LogP contribution in [0.3, 0.4) is 0 Å². The molecular formula is C27H31N3O. The zero-order valence-electron chi connectivity index (χ0n) is 18.1. The Bertz CT molecular complexity index is 937. The minimum absolute atomic E-state index is 0.0877. The van der Waals surface area contributed by atoms with Gasteiger partial charge in [-0.25, -0.2) is 0 Å². The molecule has 0 bridgehead atoms. The van der Waals surface area contributed by atoms with Crippen LogP contribution in [-0.2, 0) is 0 Å². The van der Waals surface area contributed by atoms with E-state index in [9.17, 15) is 10.1 Å². The van der Waals surface area contributed by atoms with Crippen molar-refractivity contribution in [2.45, 2.75) is 43.6 Å². The number of rotatable bonds is 6. The molecule has 2 atom stereocenters. The first kappa shape index (κ1) is 20.3. The minimum Gasteiger partial charge on any atom is -0.335 e. The second-order valence-corrected chi connectivity index (χ2v) is 9.77. The fourth-order valence-electron chi connectivity index (χ4n) is 5.83. The van der Waals surface area contributed by atoms with Gasteiger partial charge in [-0.3, -0.25) is 9.69 Å². The molecule has 0 spiro atoms. The number of nitriles is 1. The van der Waals surface area contributed by atoms with Gasteiger partial charge in [0, 0.05) is 18.7 Å². The lowest BCUT2D eigenvalue weighted by Gasteiger charge is -2.56. The maximum absolute atomic E-state index is 12.8. The summed E-state index contributed by atoms with van der Waals surface area (Å²) in [5.41, 5.74) is 2.11. The van der Waals surface area contributed by atoms with E-state index in [0.717, 1.165) is 36.4 Å². The van der Waals surface area contributed by atoms with Gasteiger partial charge >= 0.3 is 0 Å². The summed E-state index contributed by atoms with van der Waals surface area (Å²) in [5, 5.41) is 9.48. The Morgan fingerprint density at radius 1 is 1.00 bits per heavy atom. The van der Waals surface area contributed by atoms with Crippen LogP contribution >= 0.6 is 0 Å². The molecule has 2 aliphatic heterocycles. The molecule has 1 saturated carbocycles. The van der Waals surface area contributed by atoms with Crippen LogP contribution in [0.25, 0.3) is 0 Å². The van der Waals surface area contributed by atoms with Crippen molar-refractivity contribution in [1.29, 1.82) is 5.26 Å². The van der Waals surface area contributed by atoms with E-state index in [-0.39, 0.29) is 11.4 Å². The molecule has 0 N–H and O–H groups in total. The lowest BCUT2D eigenvalue weighted by Crippen LogP contribution is -2.72. The third kappa shape index (κ3) is 4.12. The van der Waals surface area contributed by atoms with Crippen molar-refractivity contribution in [1.82, 2.24) is 9.80 Å². The summed E-state index contributed by atoms with van der Waals surface area (Å²) in [5.74, 6) is 2.52. The molecule has 3 fully saturated rings. The molecule has 2 aromatic rings. The van der Waals surface area contributed by atoms with Gasteiger partial charge in [-0.05, 0) is 74.2 Å². The van der Waals surface area contributed by atoms with Crippen molar-refractivity contribution in [3.8, 4) is 6.07 Å². The smallest absolute Gasteiger partial charge is 0.253 e. The number of hydrogen-bond donors (Lipinski definition) is 0. The molecule has 0 radical (unpaired) electrons. The Balaban J connectivity index is 1.13. The van der Waals surface area contributed by atoms with Crippen LogP contribution in [0.1, 0.15) is 53.9 Å². The summed E-state index contributed by atoms with van der Waals surface area (Å²) >= 11 is 0. The molecule has 160 valence electrons. The molecule has 1 amide bonds. The standard InChI is InChI=1S/C27H31N3O/c28-14-13-27(19-29(20-27)26(31)23-9-5-2-6-10-23)30-15-11-21(12-16-30)17-24-18-25(24)22-7-3-1-4-8-22/h1-10,21,24-25H,11-13,15-20H2. The quantitative estimate of drug-likeness (QED) is 0.690. The van der Waals surface area contributed by atoms with Crippen LogP contribution in [0.5, 0.6) is 0 Å². The number of amides is 1. The predicted octanol–water partition coefficient (Wildman–Crippen LogP) is 4.70. The third-order valence-electron chi connectivity index (χ3n) is 7.76. The van der Waals surface area contributed by atoms with E-state index in [0.29, 0.717) is 19.5 Å². The Labute approximate surface area is 185 Å². The van der Waals surface area contributed by atoms with Crippen LogP contribution in [0, 0.1) is 23.2 Å². The number of piperidine rings is 1. The molecule has 1 aliphatic carbocycles. The minimum atomic E-state index is -0.143. The predicted molar refractivity (Wildman–Crippen MR) is 122 cm³/mol. The van der Waals surface area contributed by atoms with E-state index >= 15 is 0 Å². The van der Waals surface area contributed by atoms with Gasteiger partial charge in [-0.1, -0.05) is 48.5 Å². The Kier molecular flexibility index (Phi) is 5.54. The summed E-state index contributed by atoms with van der Waals surface area (Å²) in [6, 6.07) is 22.9. The number of nitrogens with zero attached hydrogens (tertiary/aromatic N) is 3. The number of hydrogen-bond acceptors (Lipinski definition) is 3. The largest absolute Gasteiger partial charge is 0.335 e. The number of carbonyl (C=O) groups is 1. The average Bonchev–Trinajstić information content (AvgIpc) is 3.56. The number of carbonyl (C=O) groups excluding carboxylic acids is 1. The average molecular weight is 414 g/mol. The molecule has 4 heteroatoms. The van der Waals surface area contributed by atoms with Gasteiger partial charge in [0.1, 0.15) is 0 Å². The first-order valence-corrected chi connectivity index (χ1v) is 11.7. The van der Waals surface area contributed by atoms with E-state index in [1.807, 2.05) is 35.2 Å². The molecule has 0 aromatic heterocycles. The summed E-state index contributed by atoms with van der Waals surface area (Å²) in [6.45, 7) is 3.47. The van der Waals surface area contributed by atoms with Gasteiger partial charge in [0.25, 0.3) is 5.91 Å².